The summed E-state index contributed by atoms with van der Waals surface area (Å²) >= 11 is 0. The van der Waals surface area contributed by atoms with Gasteiger partial charge >= 0.3 is 5.51 Å². The predicted octanol–water partition coefficient (Wildman–Crippen LogP) is 3.58. The summed E-state index contributed by atoms with van der Waals surface area (Å²) in [6.45, 7) is 2.14. The van der Waals surface area contributed by atoms with Crippen molar-refractivity contribution in [3.63, 3.8) is 0 Å². The summed E-state index contributed by atoms with van der Waals surface area (Å²) in [5.74, 6) is 0. The summed E-state index contributed by atoms with van der Waals surface area (Å²) in [6.07, 6.45) is 5.90. The summed E-state index contributed by atoms with van der Waals surface area (Å²) < 4.78 is 40.3. The van der Waals surface area contributed by atoms with E-state index in [0.717, 1.165) is 31.1 Å². The van der Waals surface area contributed by atoms with Gasteiger partial charge in [0.2, 0.25) is 0 Å². The molecule has 118 valence electrons. The van der Waals surface area contributed by atoms with Crippen LogP contribution in [0.4, 0.5) is 13.2 Å². The Morgan fingerprint density at radius 1 is 1.00 bits per heavy atom. The molecule has 0 fully saturated rings. The minimum absolute atomic E-state index is 0. The van der Waals surface area contributed by atoms with Crippen LogP contribution in [0.15, 0.2) is 30.3 Å². The maximum Gasteiger partial charge on any atom is 0.600 e. The second kappa shape index (κ2) is 8.04. The number of benzene rings is 1. The molecule has 2 rings (SSSR count). The quantitative estimate of drug-likeness (QED) is 0.558. The van der Waals surface area contributed by atoms with Crippen molar-refractivity contribution in [1.82, 2.24) is 0 Å². The molecule has 0 saturated carbocycles. The maximum absolute atomic E-state index is 13.3. The highest BCUT2D eigenvalue weighted by Crippen LogP contribution is 2.51. The molecule has 0 spiro atoms. The Labute approximate surface area is 132 Å². The van der Waals surface area contributed by atoms with Crippen LogP contribution in [0.5, 0.6) is 0 Å². The van der Waals surface area contributed by atoms with Crippen molar-refractivity contribution in [2.24, 2.45) is 0 Å². The van der Waals surface area contributed by atoms with Gasteiger partial charge in [-0.05, 0) is 18.6 Å². The van der Waals surface area contributed by atoms with Crippen LogP contribution in [-0.2, 0) is 11.9 Å². The summed E-state index contributed by atoms with van der Waals surface area (Å²) in [5.41, 5.74) is -4.15. The van der Waals surface area contributed by atoms with Gasteiger partial charge in [0.1, 0.15) is 0 Å². The van der Waals surface area contributed by atoms with Gasteiger partial charge in [-0.1, -0.05) is 44.7 Å². The number of hydrogen-bond acceptors (Lipinski definition) is 0. The van der Waals surface area contributed by atoms with Gasteiger partial charge in [0.25, 0.3) is 0 Å². The molecule has 0 nitrogen and oxygen atoms in total. The molecule has 0 N–H and O–H groups in total. The predicted molar refractivity (Wildman–Crippen MR) is 80.2 cm³/mol. The van der Waals surface area contributed by atoms with Gasteiger partial charge in [-0.25, -0.2) is 0 Å². The van der Waals surface area contributed by atoms with Crippen molar-refractivity contribution < 1.29 is 25.6 Å². The zero-order valence-electron chi connectivity index (χ0n) is 12.0. The lowest BCUT2D eigenvalue weighted by Gasteiger charge is -2.01. The molecule has 1 atom stereocenters. The summed E-state index contributed by atoms with van der Waals surface area (Å²) in [6, 6.07) is 8.66. The number of thiophene rings is 1. The SMILES string of the molecule is CCCCCCCc1cc2ccccc2[s+]1C(F)(F)F.[Cl-]. The number of alkyl halides is 3. The van der Waals surface area contributed by atoms with Crippen LogP contribution in [0.3, 0.4) is 0 Å². The molecule has 0 amide bonds. The normalized spacial score (nSPS) is 12.5. The van der Waals surface area contributed by atoms with Crippen LogP contribution in [0.1, 0.15) is 43.9 Å². The molecular formula is C16H20ClF3S. The number of fused-ring (bicyclic) bond motifs is 1. The van der Waals surface area contributed by atoms with Gasteiger partial charge in [-0.15, -0.1) is 13.2 Å². The number of unbranched alkanes of at least 4 members (excludes halogenated alkanes) is 4. The summed E-state index contributed by atoms with van der Waals surface area (Å²) in [5, 5.41) is 0.747. The molecule has 2 aromatic rings. The average molecular weight is 337 g/mol. The molecule has 5 heteroatoms. The Kier molecular flexibility index (Phi) is 7.01. The molecule has 1 heterocycles. The first-order chi connectivity index (χ1) is 9.54. The van der Waals surface area contributed by atoms with Crippen molar-refractivity contribution in [3.8, 4) is 0 Å². The fraction of sp³-hybridized carbons (Fsp3) is 0.500. The highest BCUT2D eigenvalue weighted by atomic mass is 35.5. The average Bonchev–Trinajstić information content (AvgIpc) is 2.76. The fourth-order valence-electron chi connectivity index (χ4n) is 2.51. The molecular weight excluding hydrogens is 317 g/mol. The van der Waals surface area contributed by atoms with E-state index >= 15 is 0 Å². The summed E-state index contributed by atoms with van der Waals surface area (Å²) in [4.78, 5) is 0.565. The third kappa shape index (κ3) is 4.62. The van der Waals surface area contributed by atoms with E-state index in [1.807, 2.05) is 0 Å². The molecule has 0 saturated heterocycles. The Morgan fingerprint density at radius 2 is 1.67 bits per heavy atom. The van der Waals surface area contributed by atoms with Crippen molar-refractivity contribution in [2.45, 2.75) is 51.0 Å². The Bertz CT molecular complexity index is 560. The van der Waals surface area contributed by atoms with E-state index in [2.05, 4.69) is 6.92 Å². The first kappa shape index (κ1) is 18.3. The largest absolute Gasteiger partial charge is 1.00 e. The van der Waals surface area contributed by atoms with E-state index in [1.165, 1.54) is 6.42 Å². The Balaban J connectivity index is 0.00000220. The van der Waals surface area contributed by atoms with Gasteiger partial charge in [0.15, 0.2) is 9.58 Å². The van der Waals surface area contributed by atoms with Gasteiger partial charge in [0.05, 0.1) is 10.5 Å². The van der Waals surface area contributed by atoms with Gasteiger partial charge in [-0.2, -0.15) is 0 Å². The molecule has 0 aliphatic rings. The number of aryl methyl sites for hydroxylation is 1. The Morgan fingerprint density at radius 3 is 2.33 bits per heavy atom. The first-order valence-corrected chi connectivity index (χ1v) is 8.37. The zero-order valence-corrected chi connectivity index (χ0v) is 13.6. The first-order valence-electron chi connectivity index (χ1n) is 7.14. The molecule has 0 aliphatic heterocycles. The van der Waals surface area contributed by atoms with E-state index in [9.17, 15) is 13.2 Å². The smallest absolute Gasteiger partial charge is 0.600 e. The van der Waals surface area contributed by atoms with Crippen LogP contribution in [-0.4, -0.2) is 0 Å². The van der Waals surface area contributed by atoms with E-state index in [4.69, 9.17) is 0 Å². The molecule has 0 bridgehead atoms. The van der Waals surface area contributed by atoms with Crippen LogP contribution < -0.4 is 12.4 Å². The van der Waals surface area contributed by atoms with E-state index < -0.39 is 16.0 Å². The number of hydrogen-bond donors (Lipinski definition) is 0. The highest BCUT2D eigenvalue weighted by Gasteiger charge is 2.47. The third-order valence-corrected chi connectivity index (χ3v) is 5.60. The van der Waals surface area contributed by atoms with Crippen LogP contribution >= 0.6 is 10.5 Å². The third-order valence-electron chi connectivity index (χ3n) is 3.48. The minimum atomic E-state index is -4.15. The number of halogens is 4. The van der Waals surface area contributed by atoms with Crippen molar-refractivity contribution in [1.29, 1.82) is 0 Å². The second-order valence-electron chi connectivity index (χ2n) is 5.06. The van der Waals surface area contributed by atoms with Crippen LogP contribution in [0.25, 0.3) is 10.1 Å². The molecule has 1 unspecified atom stereocenters. The summed E-state index contributed by atoms with van der Waals surface area (Å²) in [7, 11) is -1.70. The fourth-order valence-corrected chi connectivity index (χ4v) is 4.51. The van der Waals surface area contributed by atoms with Crippen molar-refractivity contribution in [3.05, 3.63) is 35.2 Å². The van der Waals surface area contributed by atoms with E-state index in [-0.39, 0.29) is 12.4 Å². The topological polar surface area (TPSA) is 0 Å². The monoisotopic (exact) mass is 336 g/mol. The lowest BCUT2D eigenvalue weighted by atomic mass is 10.1. The Hall–Kier alpha value is -0.740. The highest BCUT2D eigenvalue weighted by molar-refractivity contribution is 7.38. The van der Waals surface area contributed by atoms with Gasteiger partial charge in [-0.3, -0.25) is 0 Å². The van der Waals surface area contributed by atoms with Gasteiger partial charge in [0, 0.05) is 17.9 Å². The minimum Gasteiger partial charge on any atom is -1.00 e. The standard InChI is InChI=1S/C16H20F3S.ClH/c1-2-3-4-5-6-10-14-12-13-9-7-8-11-15(13)20(14)16(17,18)19;/h7-9,11-12H,2-6,10H2,1H3;1H/q+1;/p-1. The van der Waals surface area contributed by atoms with E-state index in [0.29, 0.717) is 16.0 Å². The van der Waals surface area contributed by atoms with Crippen LogP contribution in [0, 0.1) is 0 Å². The van der Waals surface area contributed by atoms with Crippen molar-refractivity contribution >= 4 is 20.6 Å². The van der Waals surface area contributed by atoms with Gasteiger partial charge < -0.3 is 12.4 Å². The zero-order chi connectivity index (χ0) is 14.6. The lowest BCUT2D eigenvalue weighted by Crippen LogP contribution is -3.00. The van der Waals surface area contributed by atoms with E-state index in [1.54, 1.807) is 30.3 Å². The van der Waals surface area contributed by atoms with Crippen LogP contribution in [0.2, 0.25) is 0 Å². The molecule has 0 aliphatic carbocycles. The molecule has 21 heavy (non-hydrogen) atoms. The number of rotatable bonds is 6. The second-order valence-corrected chi connectivity index (χ2v) is 7.10. The van der Waals surface area contributed by atoms with Crippen molar-refractivity contribution in [2.75, 3.05) is 0 Å². The molecule has 1 aromatic heterocycles. The maximum atomic E-state index is 13.3. The molecule has 1 aromatic carbocycles. The molecule has 0 radical (unpaired) electrons. The lowest BCUT2D eigenvalue weighted by molar-refractivity contribution is -0.0867.